The Hall–Kier alpha value is -2.42. The summed E-state index contributed by atoms with van der Waals surface area (Å²) >= 11 is 0. The Bertz CT molecular complexity index is 982. The molecule has 0 fully saturated rings. The minimum absolute atomic E-state index is 0.213. The van der Waals surface area contributed by atoms with Gasteiger partial charge in [0.25, 0.3) is 0 Å². The number of allylic oxidation sites excluding steroid dienone is 1. The van der Waals surface area contributed by atoms with E-state index < -0.39 is 0 Å². The maximum Gasteiger partial charge on any atom is 0.356 e. The summed E-state index contributed by atoms with van der Waals surface area (Å²) in [6.07, 6.45) is 6.47. The van der Waals surface area contributed by atoms with Crippen molar-refractivity contribution in [2.75, 3.05) is 7.11 Å². The van der Waals surface area contributed by atoms with Gasteiger partial charge in [0.15, 0.2) is 0 Å². The highest BCUT2D eigenvalue weighted by molar-refractivity contribution is 5.89. The molecule has 1 aromatic carbocycles. The number of aryl methyl sites for hydroxylation is 1. The van der Waals surface area contributed by atoms with E-state index in [0.717, 1.165) is 24.1 Å². The van der Waals surface area contributed by atoms with Crippen LogP contribution >= 0.6 is 0 Å². The number of rotatable bonds is 2. The summed E-state index contributed by atoms with van der Waals surface area (Å²) in [4.78, 5) is 16.2. The van der Waals surface area contributed by atoms with Crippen LogP contribution in [0.25, 0.3) is 11.6 Å². The van der Waals surface area contributed by atoms with Gasteiger partial charge < -0.3 is 4.74 Å². The van der Waals surface area contributed by atoms with Gasteiger partial charge in [-0.3, -0.25) is 0 Å². The van der Waals surface area contributed by atoms with Crippen LogP contribution in [0.4, 0.5) is 0 Å². The molecule has 1 aromatic heterocycles. The summed E-state index contributed by atoms with van der Waals surface area (Å²) in [6, 6.07) is 10.8. The molecule has 146 valence electrons. The summed E-state index contributed by atoms with van der Waals surface area (Å²) in [5.41, 5.74) is 8.57. The number of esters is 1. The maximum absolute atomic E-state index is 11.7. The van der Waals surface area contributed by atoms with Crippen LogP contribution in [0.2, 0.25) is 0 Å². The van der Waals surface area contributed by atoms with Crippen molar-refractivity contribution in [2.45, 2.75) is 64.2 Å². The highest BCUT2D eigenvalue weighted by atomic mass is 16.5. The molecular weight excluding hydrogens is 346 g/mol. The Balaban J connectivity index is 1.73. The van der Waals surface area contributed by atoms with E-state index in [2.05, 4.69) is 57.0 Å². The van der Waals surface area contributed by atoms with Crippen molar-refractivity contribution in [3.8, 4) is 0 Å². The Kier molecular flexibility index (Phi) is 4.45. The second-order valence-corrected chi connectivity index (χ2v) is 9.42. The molecule has 0 saturated carbocycles. The molecule has 0 spiro atoms. The van der Waals surface area contributed by atoms with Crippen LogP contribution < -0.4 is 0 Å². The molecule has 0 radical (unpaired) electrons. The lowest BCUT2D eigenvalue weighted by molar-refractivity contribution is 0.0593. The summed E-state index contributed by atoms with van der Waals surface area (Å²) < 4.78 is 4.79. The Morgan fingerprint density at radius 2 is 1.68 bits per heavy atom. The van der Waals surface area contributed by atoms with Gasteiger partial charge >= 0.3 is 5.97 Å². The third-order valence-corrected chi connectivity index (χ3v) is 6.59. The number of methoxy groups -OCH3 is 1. The fourth-order valence-corrected chi connectivity index (χ4v) is 4.59. The first-order valence-electron chi connectivity index (χ1n) is 10.2. The summed E-state index contributed by atoms with van der Waals surface area (Å²) in [5, 5.41) is 0. The van der Waals surface area contributed by atoms with Gasteiger partial charge in [-0.15, -0.1) is 0 Å². The van der Waals surface area contributed by atoms with Gasteiger partial charge in [0.2, 0.25) is 0 Å². The van der Waals surface area contributed by atoms with Gasteiger partial charge in [0, 0.05) is 5.69 Å². The van der Waals surface area contributed by atoms with Crippen LogP contribution in [-0.2, 0) is 22.0 Å². The number of aromatic nitrogens is 1. The number of hydrogen-bond acceptors (Lipinski definition) is 3. The first kappa shape index (κ1) is 18.9. The van der Waals surface area contributed by atoms with Crippen molar-refractivity contribution >= 4 is 17.6 Å². The predicted molar refractivity (Wildman–Crippen MR) is 113 cm³/mol. The number of pyridine rings is 1. The lowest BCUT2D eigenvalue weighted by atomic mass is 9.63. The fraction of sp³-hybridized carbons (Fsp3) is 0.440. The minimum Gasteiger partial charge on any atom is -0.464 e. The zero-order valence-corrected chi connectivity index (χ0v) is 17.6. The number of nitrogens with zero attached hydrogens (tertiary/aromatic N) is 1. The van der Waals surface area contributed by atoms with E-state index in [1.54, 1.807) is 6.07 Å². The predicted octanol–water partition coefficient (Wildman–Crippen LogP) is 5.70. The molecule has 0 unspecified atom stereocenters. The lowest BCUT2D eigenvalue weighted by Crippen LogP contribution is -2.33. The first-order chi connectivity index (χ1) is 13.2. The van der Waals surface area contributed by atoms with Crippen LogP contribution in [-0.4, -0.2) is 18.1 Å². The average Bonchev–Trinajstić information content (AvgIpc) is 2.70. The van der Waals surface area contributed by atoms with E-state index >= 15 is 0 Å². The van der Waals surface area contributed by atoms with Gasteiger partial charge in [0.05, 0.1) is 7.11 Å². The van der Waals surface area contributed by atoms with Crippen molar-refractivity contribution in [1.29, 1.82) is 0 Å². The molecule has 0 atom stereocenters. The van der Waals surface area contributed by atoms with E-state index in [-0.39, 0.29) is 16.8 Å². The quantitative estimate of drug-likeness (QED) is 0.632. The second kappa shape index (κ2) is 6.58. The van der Waals surface area contributed by atoms with Gasteiger partial charge in [-0.05, 0) is 76.5 Å². The highest BCUT2D eigenvalue weighted by Crippen LogP contribution is 2.46. The zero-order chi connectivity index (χ0) is 20.1. The molecule has 4 rings (SSSR count). The first-order valence-corrected chi connectivity index (χ1v) is 10.2. The van der Waals surface area contributed by atoms with Crippen LogP contribution in [0.1, 0.15) is 85.4 Å². The normalized spacial score (nSPS) is 19.2. The highest BCUT2D eigenvalue weighted by Gasteiger charge is 2.37. The van der Waals surface area contributed by atoms with Crippen molar-refractivity contribution in [3.05, 3.63) is 64.0 Å². The van der Waals surface area contributed by atoms with Crippen molar-refractivity contribution < 1.29 is 9.53 Å². The van der Waals surface area contributed by atoms with Crippen molar-refractivity contribution in [3.63, 3.8) is 0 Å². The zero-order valence-electron chi connectivity index (χ0n) is 17.6. The van der Waals surface area contributed by atoms with Crippen LogP contribution in [0.5, 0.6) is 0 Å². The molecule has 0 aliphatic heterocycles. The average molecular weight is 376 g/mol. The monoisotopic (exact) mass is 375 g/mol. The number of carbonyl (C=O) groups excluding carboxylic acids is 1. The molecule has 28 heavy (non-hydrogen) atoms. The third kappa shape index (κ3) is 3.17. The number of carbonyl (C=O) groups is 1. The largest absolute Gasteiger partial charge is 0.464 e. The molecule has 2 aliphatic carbocycles. The van der Waals surface area contributed by atoms with E-state index in [1.807, 2.05) is 6.07 Å². The molecule has 3 nitrogen and oxygen atoms in total. The number of hydrogen-bond donors (Lipinski definition) is 0. The van der Waals surface area contributed by atoms with Crippen molar-refractivity contribution in [2.24, 2.45) is 0 Å². The molecule has 0 amide bonds. The molecule has 2 aliphatic rings. The number of ether oxygens (including phenoxy) is 1. The molecule has 0 N–H and O–H groups in total. The third-order valence-electron chi connectivity index (χ3n) is 6.59. The smallest absolute Gasteiger partial charge is 0.356 e. The van der Waals surface area contributed by atoms with Crippen molar-refractivity contribution in [1.82, 2.24) is 4.98 Å². The summed E-state index contributed by atoms with van der Waals surface area (Å²) in [6.45, 7) is 9.46. The number of benzene rings is 1. The van der Waals surface area contributed by atoms with E-state index in [1.165, 1.54) is 42.2 Å². The minimum atomic E-state index is -0.378. The van der Waals surface area contributed by atoms with E-state index in [9.17, 15) is 4.79 Å². The van der Waals surface area contributed by atoms with E-state index in [0.29, 0.717) is 5.69 Å². The Morgan fingerprint density at radius 1 is 0.964 bits per heavy atom. The number of fused-ring (bicyclic) bond motifs is 2. The fourth-order valence-electron chi connectivity index (χ4n) is 4.59. The topological polar surface area (TPSA) is 39.2 Å². The second-order valence-electron chi connectivity index (χ2n) is 9.42. The standard InChI is InChI=1S/C25H29NO2/c1-24(2)12-13-25(3,4)20-15-17(6-9-19(20)24)16-7-10-21-18(14-16)8-11-22(26-21)23(27)28-5/h6,8-9,11,14-15H,7,10,12-13H2,1-5H3. The van der Waals surface area contributed by atoms with E-state index in [4.69, 9.17) is 4.74 Å². The molecular formula is C25H29NO2. The molecule has 0 saturated heterocycles. The van der Waals surface area contributed by atoms with Gasteiger partial charge in [-0.2, -0.15) is 0 Å². The maximum atomic E-state index is 11.7. The summed E-state index contributed by atoms with van der Waals surface area (Å²) in [7, 11) is 1.39. The lowest BCUT2D eigenvalue weighted by Gasteiger charge is -2.42. The Morgan fingerprint density at radius 3 is 2.39 bits per heavy atom. The SMILES string of the molecule is COC(=O)c1ccc2c(n1)CCC(c1ccc3c(c1)C(C)(C)CCC3(C)C)=C2. The molecule has 2 aromatic rings. The Labute approximate surface area is 167 Å². The van der Waals surface area contributed by atoms with Crippen LogP contribution in [0.3, 0.4) is 0 Å². The van der Waals surface area contributed by atoms with Gasteiger partial charge in [0.1, 0.15) is 5.69 Å². The summed E-state index contributed by atoms with van der Waals surface area (Å²) in [5.74, 6) is -0.378. The van der Waals surface area contributed by atoms with Crippen LogP contribution in [0, 0.1) is 0 Å². The van der Waals surface area contributed by atoms with Crippen LogP contribution in [0.15, 0.2) is 30.3 Å². The van der Waals surface area contributed by atoms with Gasteiger partial charge in [-0.1, -0.05) is 52.0 Å². The molecule has 1 heterocycles. The molecule has 3 heteroatoms. The molecule has 0 bridgehead atoms. The van der Waals surface area contributed by atoms with Gasteiger partial charge in [-0.25, -0.2) is 9.78 Å².